The number of rotatable bonds is 7. The Balaban J connectivity index is 0.000000235. The highest BCUT2D eigenvalue weighted by molar-refractivity contribution is 5.73. The average molecular weight is 297 g/mol. The molecule has 2 rings (SSSR count). The first kappa shape index (κ1) is 17.8. The summed E-state index contributed by atoms with van der Waals surface area (Å²) < 4.78 is 0. The van der Waals surface area contributed by atoms with Crippen LogP contribution in [0, 0.1) is 0 Å². The lowest BCUT2D eigenvalue weighted by Crippen LogP contribution is -2.29. The van der Waals surface area contributed by atoms with Gasteiger partial charge in [-0.25, -0.2) is 0 Å². The molecule has 0 aromatic rings. The minimum absolute atomic E-state index is 0.269. The largest absolute Gasteiger partial charge is 0.480 e. The van der Waals surface area contributed by atoms with Crippen molar-refractivity contribution < 1.29 is 9.90 Å². The summed E-state index contributed by atoms with van der Waals surface area (Å²) in [5.74, 6) is -0.720. The van der Waals surface area contributed by atoms with Crippen molar-refractivity contribution in [1.82, 2.24) is 15.1 Å². The van der Waals surface area contributed by atoms with Crippen LogP contribution in [-0.2, 0) is 4.79 Å². The van der Waals surface area contributed by atoms with Crippen molar-refractivity contribution >= 4 is 5.97 Å². The van der Waals surface area contributed by atoms with Gasteiger partial charge in [-0.3, -0.25) is 4.79 Å². The normalized spacial score (nSPS) is 20.6. The van der Waals surface area contributed by atoms with Crippen LogP contribution in [0.2, 0.25) is 0 Å². The third-order valence-electron chi connectivity index (χ3n) is 3.84. The monoisotopic (exact) mass is 297 g/mol. The molecule has 0 spiro atoms. The number of carboxylic acid groups (broad SMARTS) is 1. The molecule has 1 atom stereocenters. The van der Waals surface area contributed by atoms with E-state index in [4.69, 9.17) is 5.11 Å². The highest BCUT2D eigenvalue weighted by atomic mass is 16.4. The zero-order valence-electron chi connectivity index (χ0n) is 13.6. The number of aliphatic carboxylic acids is 1. The van der Waals surface area contributed by atoms with Crippen molar-refractivity contribution in [3.63, 3.8) is 0 Å². The Bertz CT molecular complexity index is 315. The summed E-state index contributed by atoms with van der Waals surface area (Å²) >= 11 is 0. The lowest BCUT2D eigenvalue weighted by molar-refractivity contribution is -0.139. The molecule has 2 heterocycles. The van der Waals surface area contributed by atoms with E-state index >= 15 is 0 Å². The summed E-state index contributed by atoms with van der Waals surface area (Å²) in [5, 5.41) is 11.2. The van der Waals surface area contributed by atoms with Crippen LogP contribution in [0.15, 0.2) is 12.4 Å². The minimum Gasteiger partial charge on any atom is -0.480 e. The zero-order valence-corrected chi connectivity index (χ0v) is 13.6. The standard InChI is InChI=1S/C11H22N2.C5H9NO2/c1-3-4-5-6-7-8-13-10-9-12(2)11-13;7-5(8)4-2-1-3-6-4/h9-10H,3-8,11H2,1-2H3;4,6H,1-3H2,(H,7,8)/t;4-/m.0/s1. The van der Waals surface area contributed by atoms with Gasteiger partial charge in [-0.1, -0.05) is 32.6 Å². The highest BCUT2D eigenvalue weighted by Gasteiger charge is 2.20. The van der Waals surface area contributed by atoms with Crippen molar-refractivity contribution in [3.05, 3.63) is 12.4 Å². The smallest absolute Gasteiger partial charge is 0.320 e. The Kier molecular flexibility index (Phi) is 8.90. The second-order valence-corrected chi connectivity index (χ2v) is 5.91. The molecule has 0 aromatic carbocycles. The van der Waals surface area contributed by atoms with E-state index in [0.29, 0.717) is 0 Å². The molecule has 1 saturated heterocycles. The van der Waals surface area contributed by atoms with Crippen LogP contribution >= 0.6 is 0 Å². The van der Waals surface area contributed by atoms with E-state index in [-0.39, 0.29) is 6.04 Å². The van der Waals surface area contributed by atoms with Gasteiger partial charge < -0.3 is 20.2 Å². The van der Waals surface area contributed by atoms with Gasteiger partial charge in [-0.05, 0) is 25.8 Å². The summed E-state index contributed by atoms with van der Waals surface area (Å²) in [5.41, 5.74) is 0. The van der Waals surface area contributed by atoms with Gasteiger partial charge in [0.15, 0.2) is 0 Å². The number of hydrogen-bond donors (Lipinski definition) is 2. The van der Waals surface area contributed by atoms with E-state index < -0.39 is 5.97 Å². The molecular formula is C16H31N3O2. The summed E-state index contributed by atoms with van der Waals surface area (Å²) in [6.07, 6.45) is 13.0. The Morgan fingerprint density at radius 1 is 1.29 bits per heavy atom. The second kappa shape index (κ2) is 10.5. The first-order valence-electron chi connectivity index (χ1n) is 8.22. The predicted molar refractivity (Wildman–Crippen MR) is 85.9 cm³/mol. The van der Waals surface area contributed by atoms with E-state index in [9.17, 15) is 4.79 Å². The Morgan fingerprint density at radius 2 is 2.05 bits per heavy atom. The molecule has 0 amide bonds. The van der Waals surface area contributed by atoms with Crippen LogP contribution in [0.4, 0.5) is 0 Å². The third kappa shape index (κ3) is 7.95. The molecule has 5 heteroatoms. The van der Waals surface area contributed by atoms with Crippen LogP contribution in [0.1, 0.15) is 51.9 Å². The molecule has 0 saturated carbocycles. The number of carbonyl (C=O) groups is 1. The van der Waals surface area contributed by atoms with Gasteiger partial charge in [-0.15, -0.1) is 0 Å². The van der Waals surface area contributed by atoms with Crippen LogP contribution < -0.4 is 5.32 Å². The lowest BCUT2D eigenvalue weighted by atomic mass is 10.1. The van der Waals surface area contributed by atoms with E-state index in [1.165, 1.54) is 38.6 Å². The number of carboxylic acids is 1. The van der Waals surface area contributed by atoms with Gasteiger partial charge in [0.25, 0.3) is 0 Å². The highest BCUT2D eigenvalue weighted by Crippen LogP contribution is 2.08. The molecule has 21 heavy (non-hydrogen) atoms. The molecule has 0 bridgehead atoms. The third-order valence-corrected chi connectivity index (χ3v) is 3.84. The molecule has 122 valence electrons. The average Bonchev–Trinajstić information content (AvgIpc) is 3.11. The number of unbranched alkanes of at least 4 members (excludes halogenated alkanes) is 4. The molecule has 2 aliphatic heterocycles. The number of hydrogen-bond acceptors (Lipinski definition) is 4. The molecule has 0 radical (unpaired) electrons. The molecule has 0 aromatic heterocycles. The molecule has 2 aliphatic rings. The Morgan fingerprint density at radius 3 is 2.52 bits per heavy atom. The van der Waals surface area contributed by atoms with Crippen molar-refractivity contribution in [2.45, 2.75) is 57.9 Å². The van der Waals surface area contributed by atoms with Crippen LogP contribution in [0.25, 0.3) is 0 Å². The number of nitrogens with zero attached hydrogens (tertiary/aromatic N) is 2. The van der Waals surface area contributed by atoms with Crippen molar-refractivity contribution in [1.29, 1.82) is 0 Å². The van der Waals surface area contributed by atoms with Crippen LogP contribution in [0.3, 0.4) is 0 Å². The quantitative estimate of drug-likeness (QED) is 0.707. The van der Waals surface area contributed by atoms with Gasteiger partial charge in [0.1, 0.15) is 6.04 Å². The fourth-order valence-corrected chi connectivity index (χ4v) is 2.55. The first-order valence-corrected chi connectivity index (χ1v) is 8.22. The van der Waals surface area contributed by atoms with Crippen molar-refractivity contribution in [2.24, 2.45) is 0 Å². The number of nitrogens with one attached hydrogen (secondary N) is 1. The van der Waals surface area contributed by atoms with E-state index in [1.807, 2.05) is 0 Å². The topological polar surface area (TPSA) is 55.8 Å². The molecule has 2 N–H and O–H groups in total. The maximum Gasteiger partial charge on any atom is 0.320 e. The van der Waals surface area contributed by atoms with Crippen molar-refractivity contribution in [2.75, 3.05) is 26.8 Å². The SMILES string of the molecule is CCCCCCCN1C=CN(C)C1.O=C(O)[C@@H]1CCCN1. The predicted octanol–water partition coefficient (Wildman–Crippen LogP) is 2.46. The van der Waals surface area contributed by atoms with Gasteiger partial charge in [0.05, 0.1) is 6.67 Å². The summed E-state index contributed by atoms with van der Waals surface area (Å²) in [6, 6.07) is -0.269. The zero-order chi connectivity index (χ0) is 15.5. The maximum absolute atomic E-state index is 10.1. The van der Waals surface area contributed by atoms with Crippen LogP contribution in [-0.4, -0.2) is 53.7 Å². The van der Waals surface area contributed by atoms with Gasteiger partial charge >= 0.3 is 5.97 Å². The molecule has 5 nitrogen and oxygen atoms in total. The van der Waals surface area contributed by atoms with Crippen molar-refractivity contribution in [3.8, 4) is 0 Å². The summed E-state index contributed by atoms with van der Waals surface area (Å²) in [7, 11) is 2.12. The maximum atomic E-state index is 10.1. The minimum atomic E-state index is -0.720. The Labute approximate surface area is 129 Å². The molecular weight excluding hydrogens is 266 g/mol. The van der Waals surface area contributed by atoms with Gasteiger partial charge in [0.2, 0.25) is 0 Å². The van der Waals surface area contributed by atoms with Gasteiger partial charge in [0, 0.05) is 26.0 Å². The fraction of sp³-hybridized carbons (Fsp3) is 0.812. The first-order chi connectivity index (χ1) is 10.1. The molecule has 1 fully saturated rings. The molecule has 0 aliphatic carbocycles. The fourth-order valence-electron chi connectivity index (χ4n) is 2.55. The van der Waals surface area contributed by atoms with E-state index in [0.717, 1.165) is 26.1 Å². The van der Waals surface area contributed by atoms with Crippen LogP contribution in [0.5, 0.6) is 0 Å². The van der Waals surface area contributed by atoms with E-state index in [2.05, 4.69) is 41.5 Å². The molecule has 0 unspecified atom stereocenters. The van der Waals surface area contributed by atoms with E-state index in [1.54, 1.807) is 0 Å². The summed E-state index contributed by atoms with van der Waals surface area (Å²) in [6.45, 7) is 5.42. The van der Waals surface area contributed by atoms with Gasteiger partial charge in [-0.2, -0.15) is 0 Å². The second-order valence-electron chi connectivity index (χ2n) is 5.91. The lowest BCUT2D eigenvalue weighted by Gasteiger charge is -2.17. The Hall–Kier alpha value is -1.23. The summed E-state index contributed by atoms with van der Waals surface area (Å²) in [4.78, 5) is 14.7.